The lowest BCUT2D eigenvalue weighted by atomic mass is 10.00. The molecule has 0 radical (unpaired) electrons. The van der Waals surface area contributed by atoms with E-state index in [0.29, 0.717) is 37.9 Å². The van der Waals surface area contributed by atoms with Gasteiger partial charge in [0.05, 0.1) is 7.11 Å². The van der Waals surface area contributed by atoms with E-state index in [0.717, 1.165) is 16.9 Å². The van der Waals surface area contributed by atoms with E-state index in [2.05, 4.69) is 4.74 Å². The van der Waals surface area contributed by atoms with Crippen molar-refractivity contribution in [3.8, 4) is 5.75 Å². The Morgan fingerprint density at radius 2 is 1.68 bits per heavy atom. The fraction of sp³-hybridized carbons (Fsp3) is 0.333. The molecule has 0 unspecified atom stereocenters. The van der Waals surface area contributed by atoms with Crippen molar-refractivity contribution in [1.82, 2.24) is 0 Å². The molecular formula is C21H24O4. The van der Waals surface area contributed by atoms with Crippen molar-refractivity contribution < 1.29 is 19.1 Å². The van der Waals surface area contributed by atoms with Gasteiger partial charge in [0.2, 0.25) is 0 Å². The van der Waals surface area contributed by atoms with Gasteiger partial charge in [-0.2, -0.15) is 0 Å². The van der Waals surface area contributed by atoms with Gasteiger partial charge in [0.1, 0.15) is 12.4 Å². The van der Waals surface area contributed by atoms with Crippen LogP contribution in [-0.2, 0) is 16.1 Å². The highest BCUT2D eigenvalue weighted by molar-refractivity contribution is 5.97. The number of hydrogen-bond donors (Lipinski definition) is 0. The molecule has 4 heteroatoms. The molecule has 0 fully saturated rings. The predicted octanol–water partition coefficient (Wildman–Crippen LogP) is 4.49. The number of hydrogen-bond acceptors (Lipinski definition) is 4. The van der Waals surface area contributed by atoms with Crippen LogP contribution in [-0.4, -0.2) is 18.9 Å². The van der Waals surface area contributed by atoms with Gasteiger partial charge in [0.15, 0.2) is 5.78 Å². The number of benzene rings is 2. The topological polar surface area (TPSA) is 52.6 Å². The van der Waals surface area contributed by atoms with Crippen molar-refractivity contribution in [2.75, 3.05) is 7.11 Å². The molecule has 0 aliphatic carbocycles. The number of esters is 1. The molecule has 0 aliphatic rings. The van der Waals surface area contributed by atoms with Crippen molar-refractivity contribution in [3.63, 3.8) is 0 Å². The Morgan fingerprint density at radius 1 is 0.960 bits per heavy atom. The van der Waals surface area contributed by atoms with Crippen molar-refractivity contribution in [1.29, 1.82) is 0 Å². The van der Waals surface area contributed by atoms with Gasteiger partial charge < -0.3 is 9.47 Å². The minimum absolute atomic E-state index is 0.0944. The zero-order chi connectivity index (χ0) is 18.1. The van der Waals surface area contributed by atoms with Gasteiger partial charge in [-0.15, -0.1) is 0 Å². The Labute approximate surface area is 148 Å². The molecule has 0 N–H and O–H groups in total. The maximum Gasteiger partial charge on any atom is 0.305 e. The highest BCUT2D eigenvalue weighted by Gasteiger charge is 2.10. The second-order valence-corrected chi connectivity index (χ2v) is 5.96. The smallest absolute Gasteiger partial charge is 0.305 e. The van der Waals surface area contributed by atoms with E-state index in [9.17, 15) is 9.59 Å². The Kier molecular flexibility index (Phi) is 7.20. The number of carbonyl (C=O) groups is 2. The van der Waals surface area contributed by atoms with Crippen LogP contribution in [0, 0.1) is 6.92 Å². The summed E-state index contributed by atoms with van der Waals surface area (Å²) in [7, 11) is 1.37. The van der Waals surface area contributed by atoms with Crippen LogP contribution in [0.25, 0.3) is 0 Å². The van der Waals surface area contributed by atoms with E-state index < -0.39 is 0 Å². The number of ketones is 1. The van der Waals surface area contributed by atoms with E-state index in [1.54, 1.807) is 0 Å². The molecule has 0 aliphatic heterocycles. The highest BCUT2D eigenvalue weighted by Crippen LogP contribution is 2.20. The lowest BCUT2D eigenvalue weighted by Gasteiger charge is -2.10. The van der Waals surface area contributed by atoms with Gasteiger partial charge in [-0.05, 0) is 49.1 Å². The quantitative estimate of drug-likeness (QED) is 0.383. The van der Waals surface area contributed by atoms with Crippen LogP contribution >= 0.6 is 0 Å². The third-order valence-corrected chi connectivity index (χ3v) is 4.01. The standard InChI is InChI=1S/C21H24O4/c1-16-14-18(25-15-17-8-4-3-5-9-17)12-13-19(16)20(22)10-6-7-11-21(23)24-2/h3-5,8-9,12-14H,6-7,10-11,15H2,1-2H3. The molecule has 0 atom stereocenters. The lowest BCUT2D eigenvalue weighted by Crippen LogP contribution is -2.04. The minimum atomic E-state index is -0.233. The Morgan fingerprint density at radius 3 is 2.36 bits per heavy atom. The monoisotopic (exact) mass is 340 g/mol. The second-order valence-electron chi connectivity index (χ2n) is 5.96. The molecule has 0 bridgehead atoms. The summed E-state index contributed by atoms with van der Waals surface area (Å²) >= 11 is 0. The summed E-state index contributed by atoms with van der Waals surface area (Å²) < 4.78 is 10.4. The van der Waals surface area contributed by atoms with E-state index >= 15 is 0 Å². The first-order valence-electron chi connectivity index (χ1n) is 8.47. The number of Topliss-reactive ketones (excluding diaryl/α,β-unsaturated/α-hetero) is 1. The Hall–Kier alpha value is -2.62. The molecule has 2 aromatic rings. The maximum atomic E-state index is 12.3. The van der Waals surface area contributed by atoms with Gasteiger partial charge in [-0.3, -0.25) is 9.59 Å². The molecule has 0 saturated heterocycles. The molecule has 25 heavy (non-hydrogen) atoms. The number of rotatable bonds is 9. The van der Waals surface area contributed by atoms with Gasteiger partial charge >= 0.3 is 5.97 Å². The zero-order valence-electron chi connectivity index (χ0n) is 14.8. The molecular weight excluding hydrogens is 316 g/mol. The summed E-state index contributed by atoms with van der Waals surface area (Å²) in [4.78, 5) is 23.4. The lowest BCUT2D eigenvalue weighted by molar-refractivity contribution is -0.140. The third kappa shape index (κ3) is 6.07. The number of methoxy groups -OCH3 is 1. The molecule has 0 amide bonds. The third-order valence-electron chi connectivity index (χ3n) is 4.01. The molecule has 0 heterocycles. The summed E-state index contributed by atoms with van der Waals surface area (Å²) in [5.74, 6) is 0.615. The Balaban J connectivity index is 1.85. The number of ether oxygens (including phenoxy) is 2. The van der Waals surface area contributed by atoms with Crippen LogP contribution in [0.15, 0.2) is 48.5 Å². The molecule has 4 nitrogen and oxygen atoms in total. The van der Waals surface area contributed by atoms with Crippen molar-refractivity contribution >= 4 is 11.8 Å². The van der Waals surface area contributed by atoms with Gasteiger partial charge in [-0.25, -0.2) is 0 Å². The normalized spacial score (nSPS) is 10.3. The van der Waals surface area contributed by atoms with Crippen LogP contribution in [0.2, 0.25) is 0 Å². The second kappa shape index (κ2) is 9.62. The molecule has 2 aromatic carbocycles. The van der Waals surface area contributed by atoms with Crippen LogP contribution in [0.1, 0.15) is 47.2 Å². The molecule has 0 spiro atoms. The summed E-state index contributed by atoms with van der Waals surface area (Å²) in [5.41, 5.74) is 2.72. The SMILES string of the molecule is COC(=O)CCCCC(=O)c1ccc(OCc2ccccc2)cc1C. The summed E-state index contributed by atoms with van der Waals surface area (Å²) in [6, 6.07) is 15.5. The summed E-state index contributed by atoms with van der Waals surface area (Å²) in [6.45, 7) is 2.41. The fourth-order valence-corrected chi connectivity index (χ4v) is 2.57. The van der Waals surface area contributed by atoms with E-state index in [1.165, 1.54) is 7.11 Å². The predicted molar refractivity (Wildman–Crippen MR) is 96.8 cm³/mol. The average Bonchev–Trinajstić information content (AvgIpc) is 2.64. The first-order valence-corrected chi connectivity index (χ1v) is 8.47. The summed E-state index contributed by atoms with van der Waals surface area (Å²) in [6.07, 6.45) is 2.13. The van der Waals surface area contributed by atoms with Crippen molar-refractivity contribution in [2.24, 2.45) is 0 Å². The fourth-order valence-electron chi connectivity index (χ4n) is 2.57. The summed E-state index contributed by atoms with van der Waals surface area (Å²) in [5, 5.41) is 0. The number of aryl methyl sites for hydroxylation is 1. The van der Waals surface area contributed by atoms with Gasteiger partial charge in [0, 0.05) is 18.4 Å². The maximum absolute atomic E-state index is 12.3. The molecule has 132 valence electrons. The van der Waals surface area contributed by atoms with Crippen LogP contribution in [0.3, 0.4) is 0 Å². The van der Waals surface area contributed by atoms with Gasteiger partial charge in [-0.1, -0.05) is 30.3 Å². The molecule has 2 rings (SSSR count). The van der Waals surface area contributed by atoms with E-state index in [-0.39, 0.29) is 11.8 Å². The average molecular weight is 340 g/mol. The first kappa shape index (κ1) is 18.7. The van der Waals surface area contributed by atoms with E-state index in [4.69, 9.17) is 4.74 Å². The first-order chi connectivity index (χ1) is 12.1. The molecule has 0 aromatic heterocycles. The van der Waals surface area contributed by atoms with Crippen LogP contribution < -0.4 is 4.74 Å². The van der Waals surface area contributed by atoms with Crippen molar-refractivity contribution in [2.45, 2.75) is 39.2 Å². The zero-order valence-corrected chi connectivity index (χ0v) is 14.8. The van der Waals surface area contributed by atoms with Crippen molar-refractivity contribution in [3.05, 3.63) is 65.2 Å². The molecule has 0 saturated carbocycles. The minimum Gasteiger partial charge on any atom is -0.489 e. The van der Waals surface area contributed by atoms with Gasteiger partial charge in [0.25, 0.3) is 0 Å². The largest absolute Gasteiger partial charge is 0.489 e. The highest BCUT2D eigenvalue weighted by atomic mass is 16.5. The van der Waals surface area contributed by atoms with E-state index in [1.807, 2.05) is 55.5 Å². The number of unbranched alkanes of at least 4 members (excludes halogenated alkanes) is 1. The number of carbonyl (C=O) groups excluding carboxylic acids is 2. The Bertz CT molecular complexity index is 707. The van der Waals surface area contributed by atoms with Crippen LogP contribution in [0.5, 0.6) is 5.75 Å². The van der Waals surface area contributed by atoms with Crippen LogP contribution in [0.4, 0.5) is 0 Å².